The number of hydrogen-bond acceptors (Lipinski definition) is 2. The first-order valence-electron chi connectivity index (χ1n) is 3.89. The third-order valence-electron chi connectivity index (χ3n) is 1.86. The van der Waals surface area contributed by atoms with E-state index in [1.165, 1.54) is 4.90 Å². The highest BCUT2D eigenvalue weighted by Crippen LogP contribution is 2.15. The second-order valence-electron chi connectivity index (χ2n) is 2.94. The molecule has 1 N–H and O–H groups in total. The number of likely N-dealkylation sites (tertiary alicyclic amines) is 1. The lowest BCUT2D eigenvalue weighted by atomic mass is 10.0. The van der Waals surface area contributed by atoms with Crippen LogP contribution in [0, 0.1) is 5.92 Å². The Morgan fingerprint density at radius 2 is 2.08 bits per heavy atom. The minimum absolute atomic E-state index is 0.0674. The number of alkyl halides is 1. The summed E-state index contributed by atoms with van der Waals surface area (Å²) in [5.74, 6) is -1.59. The number of amides is 1. The molecule has 0 unspecified atom stereocenters. The highest BCUT2D eigenvalue weighted by Gasteiger charge is 2.28. The van der Waals surface area contributed by atoms with Crippen molar-refractivity contribution in [2.24, 2.45) is 5.92 Å². The molecular weight excluding hydrogens is 177 g/mol. The third-order valence-corrected chi connectivity index (χ3v) is 1.86. The number of aliphatic carboxylic acids is 1. The van der Waals surface area contributed by atoms with Crippen molar-refractivity contribution in [2.45, 2.75) is 0 Å². The van der Waals surface area contributed by atoms with Crippen LogP contribution in [0.4, 0.5) is 4.39 Å². The van der Waals surface area contributed by atoms with Crippen molar-refractivity contribution in [3.05, 3.63) is 12.2 Å². The molecule has 1 aliphatic rings. The molecule has 0 saturated carbocycles. The van der Waals surface area contributed by atoms with Gasteiger partial charge in [-0.05, 0) is 0 Å². The number of rotatable bonds is 3. The molecule has 5 heteroatoms. The van der Waals surface area contributed by atoms with Crippen molar-refractivity contribution in [1.29, 1.82) is 0 Å². The van der Waals surface area contributed by atoms with Crippen LogP contribution in [0.15, 0.2) is 12.2 Å². The topological polar surface area (TPSA) is 57.6 Å². The van der Waals surface area contributed by atoms with Gasteiger partial charge in [-0.15, -0.1) is 0 Å². The SMILES string of the molecule is O=C(O)/C=C/C(=O)N1CC(CF)C1. The van der Waals surface area contributed by atoms with Crippen LogP contribution < -0.4 is 0 Å². The molecular formula is C8H10FNO3. The molecule has 0 bridgehead atoms. The van der Waals surface area contributed by atoms with Crippen LogP contribution >= 0.6 is 0 Å². The molecule has 4 nitrogen and oxygen atoms in total. The first-order valence-corrected chi connectivity index (χ1v) is 3.89. The standard InChI is InChI=1S/C8H10FNO3/c9-3-6-4-10(5-6)7(11)1-2-8(12)13/h1-2,6H,3-5H2,(H,12,13)/b2-1+. The van der Waals surface area contributed by atoms with Crippen molar-refractivity contribution in [3.63, 3.8) is 0 Å². The van der Waals surface area contributed by atoms with Gasteiger partial charge in [0.25, 0.3) is 0 Å². The molecule has 0 aromatic rings. The Hall–Kier alpha value is -1.39. The molecule has 0 aromatic carbocycles. The summed E-state index contributed by atoms with van der Waals surface area (Å²) < 4.78 is 11.9. The summed E-state index contributed by atoms with van der Waals surface area (Å²) >= 11 is 0. The molecule has 1 saturated heterocycles. The van der Waals surface area contributed by atoms with E-state index in [9.17, 15) is 14.0 Å². The maximum Gasteiger partial charge on any atom is 0.328 e. The number of carboxylic acids is 1. The number of hydrogen-bond donors (Lipinski definition) is 1. The molecule has 72 valence electrons. The van der Waals surface area contributed by atoms with E-state index in [0.29, 0.717) is 13.1 Å². The Bertz CT molecular complexity index is 246. The second kappa shape index (κ2) is 4.02. The first kappa shape index (κ1) is 9.70. The predicted octanol–water partition coefficient (Wildman–Crippen LogP) is 0.0551. The van der Waals surface area contributed by atoms with Gasteiger partial charge in [0.05, 0.1) is 6.67 Å². The fourth-order valence-electron chi connectivity index (χ4n) is 1.10. The van der Waals surface area contributed by atoms with Crippen LogP contribution in [0.1, 0.15) is 0 Å². The molecule has 0 aliphatic carbocycles. The molecule has 0 spiro atoms. The van der Waals surface area contributed by atoms with Gasteiger partial charge in [0, 0.05) is 31.2 Å². The molecule has 13 heavy (non-hydrogen) atoms. The van der Waals surface area contributed by atoms with Crippen molar-refractivity contribution in [1.82, 2.24) is 4.90 Å². The molecule has 1 rings (SSSR count). The Morgan fingerprint density at radius 1 is 1.46 bits per heavy atom. The summed E-state index contributed by atoms with van der Waals surface area (Å²) in [5, 5.41) is 8.22. The molecule has 1 aliphatic heterocycles. The smallest absolute Gasteiger partial charge is 0.328 e. The van der Waals surface area contributed by atoms with Crippen LogP contribution in [-0.4, -0.2) is 41.6 Å². The van der Waals surface area contributed by atoms with Gasteiger partial charge in [-0.3, -0.25) is 9.18 Å². The number of carbonyl (C=O) groups excluding carboxylic acids is 1. The lowest BCUT2D eigenvalue weighted by Crippen LogP contribution is -2.50. The summed E-state index contributed by atoms with van der Waals surface area (Å²) in [5.41, 5.74) is 0. The summed E-state index contributed by atoms with van der Waals surface area (Å²) in [7, 11) is 0. The van der Waals surface area contributed by atoms with Crippen molar-refractivity contribution in [3.8, 4) is 0 Å². The second-order valence-corrected chi connectivity index (χ2v) is 2.94. The van der Waals surface area contributed by atoms with Gasteiger partial charge >= 0.3 is 5.97 Å². The van der Waals surface area contributed by atoms with E-state index in [2.05, 4.69) is 0 Å². The summed E-state index contributed by atoms with van der Waals surface area (Å²) in [6, 6.07) is 0. The minimum atomic E-state index is -1.16. The van der Waals surface area contributed by atoms with Crippen LogP contribution in [0.25, 0.3) is 0 Å². The lowest BCUT2D eigenvalue weighted by molar-refractivity contribution is -0.134. The highest BCUT2D eigenvalue weighted by atomic mass is 19.1. The Labute approximate surface area is 74.6 Å². The first-order chi connectivity index (χ1) is 6.13. The Balaban J connectivity index is 2.31. The maximum absolute atomic E-state index is 11.9. The van der Waals surface area contributed by atoms with E-state index >= 15 is 0 Å². The lowest BCUT2D eigenvalue weighted by Gasteiger charge is -2.36. The number of nitrogens with zero attached hydrogens (tertiary/aromatic N) is 1. The van der Waals surface area contributed by atoms with Crippen molar-refractivity contribution < 1.29 is 19.1 Å². The van der Waals surface area contributed by atoms with E-state index in [1.54, 1.807) is 0 Å². The number of carboxylic acid groups (broad SMARTS) is 1. The van der Waals surface area contributed by atoms with Crippen molar-refractivity contribution >= 4 is 11.9 Å². The summed E-state index contributed by atoms with van der Waals surface area (Å²) in [4.78, 5) is 22.5. The zero-order valence-electron chi connectivity index (χ0n) is 6.94. The van der Waals surface area contributed by atoms with Crippen LogP contribution in [0.2, 0.25) is 0 Å². The summed E-state index contributed by atoms with van der Waals surface area (Å²) in [6.45, 7) is 0.352. The fourth-order valence-corrected chi connectivity index (χ4v) is 1.10. The van der Waals surface area contributed by atoms with Gasteiger partial charge in [-0.25, -0.2) is 4.79 Å². The average Bonchev–Trinajstić information content (AvgIpc) is 1.99. The Kier molecular flexibility index (Phi) is 3.00. The van der Waals surface area contributed by atoms with E-state index in [0.717, 1.165) is 12.2 Å². The predicted molar refractivity (Wildman–Crippen MR) is 42.8 cm³/mol. The molecule has 1 amide bonds. The van der Waals surface area contributed by atoms with Crippen LogP contribution in [-0.2, 0) is 9.59 Å². The third kappa shape index (κ3) is 2.54. The van der Waals surface area contributed by atoms with E-state index in [4.69, 9.17) is 5.11 Å². The quantitative estimate of drug-likeness (QED) is 0.635. The van der Waals surface area contributed by atoms with Gasteiger partial charge < -0.3 is 10.0 Å². The van der Waals surface area contributed by atoms with Crippen molar-refractivity contribution in [2.75, 3.05) is 19.8 Å². The van der Waals surface area contributed by atoms with Gasteiger partial charge in [0.2, 0.25) is 5.91 Å². The monoisotopic (exact) mass is 187 g/mol. The largest absolute Gasteiger partial charge is 0.478 e. The summed E-state index contributed by atoms with van der Waals surface area (Å²) in [6.07, 6.45) is 1.77. The normalized spacial score (nSPS) is 17.5. The number of carbonyl (C=O) groups is 2. The highest BCUT2D eigenvalue weighted by molar-refractivity contribution is 5.94. The molecule has 0 radical (unpaired) electrons. The van der Waals surface area contributed by atoms with Gasteiger partial charge in [0.1, 0.15) is 0 Å². The zero-order valence-corrected chi connectivity index (χ0v) is 6.94. The molecule has 1 fully saturated rings. The average molecular weight is 187 g/mol. The molecule has 0 aromatic heterocycles. The maximum atomic E-state index is 11.9. The van der Waals surface area contributed by atoms with Crippen LogP contribution in [0.5, 0.6) is 0 Å². The van der Waals surface area contributed by atoms with Crippen LogP contribution in [0.3, 0.4) is 0 Å². The van der Waals surface area contributed by atoms with Gasteiger partial charge in [-0.1, -0.05) is 0 Å². The fraction of sp³-hybridized carbons (Fsp3) is 0.500. The van der Waals surface area contributed by atoms with E-state index < -0.39 is 12.6 Å². The molecule has 1 heterocycles. The van der Waals surface area contributed by atoms with E-state index in [-0.39, 0.29) is 11.8 Å². The Morgan fingerprint density at radius 3 is 2.54 bits per heavy atom. The van der Waals surface area contributed by atoms with Gasteiger partial charge in [0.15, 0.2) is 0 Å². The number of halogens is 1. The minimum Gasteiger partial charge on any atom is -0.478 e. The zero-order chi connectivity index (χ0) is 9.84. The molecule has 0 atom stereocenters. The van der Waals surface area contributed by atoms with E-state index in [1.807, 2.05) is 0 Å². The van der Waals surface area contributed by atoms with Gasteiger partial charge in [-0.2, -0.15) is 0 Å².